The lowest BCUT2D eigenvalue weighted by Gasteiger charge is -2.08. The van der Waals surface area contributed by atoms with Gasteiger partial charge in [0, 0.05) is 23.2 Å². The largest absolute Gasteiger partial charge is 0.478 e. The Morgan fingerprint density at radius 3 is 2.63 bits per heavy atom. The van der Waals surface area contributed by atoms with E-state index in [2.05, 4.69) is 10.1 Å². The van der Waals surface area contributed by atoms with Crippen molar-refractivity contribution in [2.45, 2.75) is 0 Å². The van der Waals surface area contributed by atoms with Gasteiger partial charge in [-0.05, 0) is 30.3 Å². The summed E-state index contributed by atoms with van der Waals surface area (Å²) >= 11 is 6.63. The van der Waals surface area contributed by atoms with Gasteiger partial charge >= 0.3 is 5.97 Å². The zero-order valence-corrected chi connectivity index (χ0v) is 15.4. The fraction of sp³-hybridized carbons (Fsp3) is 0.0556. The minimum atomic E-state index is -1.27. The second-order valence-corrected chi connectivity index (χ2v) is 6.79. The number of benzene rings is 2. The van der Waals surface area contributed by atoms with Gasteiger partial charge in [0.2, 0.25) is 10.3 Å². The van der Waals surface area contributed by atoms with Crippen molar-refractivity contribution >= 4 is 40.3 Å². The maximum Gasteiger partial charge on any atom is 0.336 e. The Bertz CT molecular complexity index is 1020. The third-order valence-electron chi connectivity index (χ3n) is 3.58. The first-order valence-electron chi connectivity index (χ1n) is 7.58. The average molecular weight is 408 g/mol. The minimum Gasteiger partial charge on any atom is -0.478 e. The molecule has 0 saturated heterocycles. The molecule has 0 aliphatic heterocycles. The monoisotopic (exact) mass is 407 g/mol. The van der Waals surface area contributed by atoms with Crippen LogP contribution in [0.1, 0.15) is 15.9 Å². The Balaban J connectivity index is 1.86. The summed E-state index contributed by atoms with van der Waals surface area (Å²) in [5, 5.41) is 14.9. The number of nitrogens with zero attached hydrogens (tertiary/aromatic N) is 3. The zero-order valence-electron chi connectivity index (χ0n) is 13.9. The molecule has 0 unspecified atom stereocenters. The number of hydrogen-bond donors (Lipinski definition) is 1. The van der Waals surface area contributed by atoms with Gasteiger partial charge in [0.05, 0.1) is 11.8 Å². The van der Waals surface area contributed by atoms with E-state index in [0.29, 0.717) is 10.6 Å². The minimum absolute atomic E-state index is 0.168. The summed E-state index contributed by atoms with van der Waals surface area (Å²) < 4.78 is 27.5. The maximum absolute atomic E-state index is 14.3. The number of halogens is 3. The number of anilines is 1. The van der Waals surface area contributed by atoms with E-state index in [4.69, 9.17) is 16.7 Å². The van der Waals surface area contributed by atoms with Gasteiger partial charge in [0.15, 0.2) is 0 Å². The van der Waals surface area contributed by atoms with Crippen molar-refractivity contribution < 1.29 is 18.7 Å². The van der Waals surface area contributed by atoms with Crippen LogP contribution in [0.4, 0.5) is 13.9 Å². The van der Waals surface area contributed by atoms with Crippen molar-refractivity contribution in [1.29, 1.82) is 0 Å². The van der Waals surface area contributed by atoms with Crippen LogP contribution in [0.2, 0.25) is 5.02 Å². The number of carboxylic acids is 1. The van der Waals surface area contributed by atoms with Crippen molar-refractivity contribution in [1.82, 2.24) is 4.98 Å². The van der Waals surface area contributed by atoms with Crippen LogP contribution in [0.5, 0.6) is 0 Å². The van der Waals surface area contributed by atoms with Crippen molar-refractivity contribution in [3.8, 4) is 11.3 Å². The predicted octanol–water partition coefficient (Wildman–Crippen LogP) is 4.91. The Labute approximate surface area is 162 Å². The second kappa shape index (κ2) is 7.81. The third kappa shape index (κ3) is 4.29. The van der Waals surface area contributed by atoms with Gasteiger partial charge in [-0.2, -0.15) is 9.49 Å². The molecule has 0 amide bonds. The lowest BCUT2D eigenvalue weighted by Crippen LogP contribution is -2.10. The molecule has 138 valence electrons. The SMILES string of the molecule is CN(/N=C/c1ccc(F)cc1C(=O)O)c1nc(-c2ccc(Cl)cc2)c(F)s1. The molecule has 27 heavy (non-hydrogen) atoms. The number of carbonyl (C=O) groups is 1. The highest BCUT2D eigenvalue weighted by Gasteiger charge is 2.16. The summed E-state index contributed by atoms with van der Waals surface area (Å²) in [6.45, 7) is 0. The quantitative estimate of drug-likeness (QED) is 0.482. The molecule has 5 nitrogen and oxygen atoms in total. The molecule has 0 spiro atoms. The summed E-state index contributed by atoms with van der Waals surface area (Å²) in [4.78, 5) is 15.4. The molecule has 0 aliphatic rings. The normalized spacial score (nSPS) is 11.1. The highest BCUT2D eigenvalue weighted by Crippen LogP contribution is 2.31. The van der Waals surface area contributed by atoms with Crippen LogP contribution in [0.15, 0.2) is 47.6 Å². The molecule has 1 N–H and O–H groups in total. The highest BCUT2D eigenvalue weighted by molar-refractivity contribution is 7.14. The van der Waals surface area contributed by atoms with Crippen molar-refractivity contribution in [2.75, 3.05) is 12.1 Å². The van der Waals surface area contributed by atoms with Gasteiger partial charge in [0.1, 0.15) is 11.5 Å². The Morgan fingerprint density at radius 2 is 1.96 bits per heavy atom. The van der Waals surface area contributed by atoms with Crippen LogP contribution in [0.25, 0.3) is 11.3 Å². The smallest absolute Gasteiger partial charge is 0.336 e. The molecule has 1 heterocycles. The third-order valence-corrected chi connectivity index (χ3v) is 4.75. The van der Waals surface area contributed by atoms with E-state index in [1.807, 2.05) is 0 Å². The Hall–Kier alpha value is -2.84. The van der Waals surface area contributed by atoms with Gasteiger partial charge in [-0.25, -0.2) is 19.2 Å². The topological polar surface area (TPSA) is 65.8 Å². The molecule has 0 atom stereocenters. The molecule has 0 aliphatic carbocycles. The van der Waals surface area contributed by atoms with Crippen LogP contribution in [0.3, 0.4) is 0 Å². The summed E-state index contributed by atoms with van der Waals surface area (Å²) in [6, 6.07) is 9.94. The summed E-state index contributed by atoms with van der Waals surface area (Å²) in [6.07, 6.45) is 1.25. The summed E-state index contributed by atoms with van der Waals surface area (Å²) in [5.41, 5.74) is 0.732. The molecule has 0 fully saturated rings. The van der Waals surface area contributed by atoms with Crippen LogP contribution in [0, 0.1) is 10.9 Å². The molecule has 0 saturated carbocycles. The average Bonchev–Trinajstić information content (AvgIpc) is 3.02. The first kappa shape index (κ1) is 18.9. The van der Waals surface area contributed by atoms with Crippen LogP contribution in [-0.4, -0.2) is 29.3 Å². The number of thiazole rings is 1. The van der Waals surface area contributed by atoms with Crippen molar-refractivity contribution in [2.24, 2.45) is 5.10 Å². The van der Waals surface area contributed by atoms with E-state index in [0.717, 1.165) is 23.5 Å². The first-order valence-corrected chi connectivity index (χ1v) is 8.77. The molecule has 3 rings (SSSR count). The van der Waals surface area contributed by atoms with Gasteiger partial charge in [-0.15, -0.1) is 0 Å². The molecular weight excluding hydrogens is 396 g/mol. The number of carboxylic acid groups (broad SMARTS) is 1. The predicted molar refractivity (Wildman–Crippen MR) is 102 cm³/mol. The lowest BCUT2D eigenvalue weighted by molar-refractivity contribution is 0.0696. The fourth-order valence-corrected chi connectivity index (χ4v) is 3.10. The van der Waals surface area contributed by atoms with Crippen LogP contribution >= 0.6 is 22.9 Å². The van der Waals surface area contributed by atoms with E-state index < -0.39 is 16.9 Å². The molecule has 1 aromatic heterocycles. The number of aromatic nitrogens is 1. The fourth-order valence-electron chi connectivity index (χ4n) is 2.24. The zero-order chi connectivity index (χ0) is 19.6. The number of aromatic carboxylic acids is 1. The molecular formula is C18H12ClF2N3O2S. The van der Waals surface area contributed by atoms with E-state index in [1.165, 1.54) is 17.3 Å². The van der Waals surface area contributed by atoms with Gasteiger partial charge < -0.3 is 5.11 Å². The number of hydrogen-bond acceptors (Lipinski definition) is 5. The first-order chi connectivity index (χ1) is 12.8. The van der Waals surface area contributed by atoms with Crippen LogP contribution in [-0.2, 0) is 0 Å². The lowest BCUT2D eigenvalue weighted by atomic mass is 10.1. The van der Waals surface area contributed by atoms with Gasteiger partial charge in [-0.1, -0.05) is 35.1 Å². The van der Waals surface area contributed by atoms with Gasteiger partial charge in [-0.3, -0.25) is 0 Å². The Morgan fingerprint density at radius 1 is 1.26 bits per heavy atom. The van der Waals surface area contributed by atoms with E-state index in [1.54, 1.807) is 31.3 Å². The molecule has 3 aromatic rings. The van der Waals surface area contributed by atoms with E-state index in [-0.39, 0.29) is 22.0 Å². The summed E-state index contributed by atoms with van der Waals surface area (Å²) in [7, 11) is 1.55. The summed E-state index contributed by atoms with van der Waals surface area (Å²) in [5.74, 6) is -1.93. The van der Waals surface area contributed by atoms with Gasteiger partial charge in [0.25, 0.3) is 0 Å². The molecule has 9 heteroatoms. The maximum atomic E-state index is 14.3. The van der Waals surface area contributed by atoms with E-state index in [9.17, 15) is 13.6 Å². The number of hydrazone groups is 1. The second-order valence-electron chi connectivity index (χ2n) is 5.43. The molecule has 0 radical (unpaired) electrons. The molecule has 2 aromatic carbocycles. The van der Waals surface area contributed by atoms with Crippen LogP contribution < -0.4 is 5.01 Å². The standard InChI is InChI=1S/C18H12ClF2N3O2S/c1-24(22-9-11-4-7-13(20)8-14(11)17(25)26)18-23-15(16(21)27-18)10-2-5-12(19)6-3-10/h2-9H,1H3,(H,25,26)/b22-9+. The van der Waals surface area contributed by atoms with E-state index >= 15 is 0 Å². The Kier molecular flexibility index (Phi) is 5.48. The van der Waals surface area contributed by atoms with Crippen molar-refractivity contribution in [3.63, 3.8) is 0 Å². The molecule has 0 bridgehead atoms. The highest BCUT2D eigenvalue weighted by atomic mass is 35.5. The number of rotatable bonds is 5. The van der Waals surface area contributed by atoms with Crippen molar-refractivity contribution in [3.05, 3.63) is 69.6 Å².